The third-order valence-corrected chi connectivity index (χ3v) is 3.49. The van der Waals surface area contributed by atoms with E-state index in [0.29, 0.717) is 16.8 Å². The number of oxazole rings is 1. The van der Waals surface area contributed by atoms with Crippen molar-refractivity contribution < 1.29 is 18.0 Å². The van der Waals surface area contributed by atoms with E-state index < -0.39 is 36.6 Å². The summed E-state index contributed by atoms with van der Waals surface area (Å²) in [6, 6.07) is 3.76. The number of benzene rings is 1. The Labute approximate surface area is 129 Å². The van der Waals surface area contributed by atoms with Gasteiger partial charge in [-0.3, -0.25) is 14.7 Å². The molecule has 1 unspecified atom stereocenters. The van der Waals surface area contributed by atoms with Crippen molar-refractivity contribution in [2.24, 2.45) is 7.05 Å². The molecule has 1 atom stereocenters. The molecular formula is C13H14ClF2N3O3. The standard InChI is InChI=1S/C13H13F2N3O3.ClH/c1-18-9-3-2-7(4-10(9)21-12(18)20)17-11(19)8-5-13(14,15)6-16-8;/h2-4,8,16H,5-6H2,1H3,(H,17,19);1H. The molecule has 1 fully saturated rings. The number of anilines is 1. The number of aromatic nitrogens is 1. The summed E-state index contributed by atoms with van der Waals surface area (Å²) < 4.78 is 32.4. The number of rotatable bonds is 2. The summed E-state index contributed by atoms with van der Waals surface area (Å²) in [5, 5.41) is 5.01. The summed E-state index contributed by atoms with van der Waals surface area (Å²) in [4.78, 5) is 23.3. The zero-order valence-electron chi connectivity index (χ0n) is 11.6. The molecule has 1 aliphatic rings. The van der Waals surface area contributed by atoms with Crippen LogP contribution in [0.4, 0.5) is 14.5 Å². The Morgan fingerprint density at radius 1 is 1.50 bits per heavy atom. The highest BCUT2D eigenvalue weighted by atomic mass is 35.5. The lowest BCUT2D eigenvalue weighted by Crippen LogP contribution is -2.35. The van der Waals surface area contributed by atoms with Crippen molar-refractivity contribution in [2.45, 2.75) is 18.4 Å². The number of aryl methyl sites for hydroxylation is 1. The Morgan fingerprint density at radius 2 is 2.23 bits per heavy atom. The van der Waals surface area contributed by atoms with Crippen LogP contribution in [0.15, 0.2) is 27.4 Å². The monoisotopic (exact) mass is 333 g/mol. The fraction of sp³-hybridized carbons (Fsp3) is 0.385. The van der Waals surface area contributed by atoms with Gasteiger partial charge in [-0.05, 0) is 12.1 Å². The Kier molecular flexibility index (Phi) is 4.25. The number of nitrogens with one attached hydrogen (secondary N) is 2. The molecular weight excluding hydrogens is 320 g/mol. The van der Waals surface area contributed by atoms with Crippen molar-refractivity contribution in [2.75, 3.05) is 11.9 Å². The van der Waals surface area contributed by atoms with Crippen LogP contribution in [0.25, 0.3) is 11.1 Å². The first kappa shape index (κ1) is 16.4. The van der Waals surface area contributed by atoms with Gasteiger partial charge in [-0.2, -0.15) is 0 Å². The van der Waals surface area contributed by atoms with Crippen molar-refractivity contribution >= 4 is 35.1 Å². The van der Waals surface area contributed by atoms with Gasteiger partial charge in [-0.15, -0.1) is 12.4 Å². The molecule has 1 aromatic carbocycles. The highest BCUT2D eigenvalue weighted by molar-refractivity contribution is 5.96. The molecule has 9 heteroatoms. The van der Waals surface area contributed by atoms with E-state index in [2.05, 4.69) is 10.6 Å². The first-order chi connectivity index (χ1) is 9.85. The van der Waals surface area contributed by atoms with E-state index in [1.807, 2.05) is 0 Å². The lowest BCUT2D eigenvalue weighted by atomic mass is 10.2. The Balaban J connectivity index is 0.00000176. The zero-order valence-corrected chi connectivity index (χ0v) is 12.4. The number of carbonyl (C=O) groups excluding carboxylic acids is 1. The zero-order chi connectivity index (χ0) is 15.2. The number of amides is 1. The SMILES string of the molecule is Cl.Cn1c(=O)oc2cc(NC(=O)C3CC(F)(F)CN3)ccc21. The predicted octanol–water partition coefficient (Wildman–Crippen LogP) is 1.49. The fourth-order valence-electron chi connectivity index (χ4n) is 2.34. The minimum atomic E-state index is -2.86. The van der Waals surface area contributed by atoms with E-state index in [9.17, 15) is 18.4 Å². The fourth-order valence-corrected chi connectivity index (χ4v) is 2.34. The number of hydrogen-bond donors (Lipinski definition) is 2. The maximum atomic E-state index is 13.1. The minimum absolute atomic E-state index is 0. The molecule has 2 aromatic rings. The molecule has 22 heavy (non-hydrogen) atoms. The summed E-state index contributed by atoms with van der Waals surface area (Å²) in [5.74, 6) is -3.91. The first-order valence-corrected chi connectivity index (χ1v) is 6.37. The number of fused-ring (bicyclic) bond motifs is 1. The molecule has 0 saturated carbocycles. The average Bonchev–Trinajstić information content (AvgIpc) is 2.91. The van der Waals surface area contributed by atoms with Gasteiger partial charge in [0.25, 0.3) is 5.92 Å². The van der Waals surface area contributed by atoms with Crippen LogP contribution in [0.3, 0.4) is 0 Å². The quantitative estimate of drug-likeness (QED) is 0.873. The second-order valence-corrected chi connectivity index (χ2v) is 5.09. The minimum Gasteiger partial charge on any atom is -0.408 e. The molecule has 1 aliphatic heterocycles. The van der Waals surface area contributed by atoms with Gasteiger partial charge in [0.05, 0.1) is 18.1 Å². The van der Waals surface area contributed by atoms with Crippen LogP contribution < -0.4 is 16.4 Å². The third-order valence-electron chi connectivity index (χ3n) is 3.49. The van der Waals surface area contributed by atoms with Crippen molar-refractivity contribution in [3.05, 3.63) is 28.7 Å². The van der Waals surface area contributed by atoms with Gasteiger partial charge in [0.1, 0.15) is 0 Å². The highest BCUT2D eigenvalue weighted by Crippen LogP contribution is 2.26. The Hall–Kier alpha value is -1.93. The number of hydrogen-bond acceptors (Lipinski definition) is 4. The van der Waals surface area contributed by atoms with E-state index in [1.54, 1.807) is 19.2 Å². The Bertz CT molecular complexity index is 771. The number of alkyl halides is 2. The van der Waals surface area contributed by atoms with Gasteiger partial charge in [0, 0.05) is 25.2 Å². The highest BCUT2D eigenvalue weighted by Gasteiger charge is 2.42. The molecule has 1 saturated heterocycles. The smallest absolute Gasteiger partial charge is 0.408 e. The lowest BCUT2D eigenvalue weighted by molar-refractivity contribution is -0.118. The molecule has 1 amide bonds. The molecule has 0 aliphatic carbocycles. The van der Waals surface area contributed by atoms with Gasteiger partial charge in [-0.1, -0.05) is 0 Å². The maximum Gasteiger partial charge on any atom is 0.419 e. The largest absolute Gasteiger partial charge is 0.419 e. The van der Waals surface area contributed by atoms with Crippen LogP contribution in [-0.2, 0) is 11.8 Å². The molecule has 0 spiro atoms. The van der Waals surface area contributed by atoms with Gasteiger partial charge < -0.3 is 9.73 Å². The number of carbonyl (C=O) groups is 1. The summed E-state index contributed by atoms with van der Waals surface area (Å²) in [6.45, 7) is -0.502. The van der Waals surface area contributed by atoms with Crippen LogP contribution >= 0.6 is 12.4 Å². The van der Waals surface area contributed by atoms with Gasteiger partial charge in [0.15, 0.2) is 5.58 Å². The van der Waals surface area contributed by atoms with Crippen LogP contribution in [0, 0.1) is 0 Å². The van der Waals surface area contributed by atoms with E-state index in [4.69, 9.17) is 4.42 Å². The van der Waals surface area contributed by atoms with E-state index in [-0.39, 0.29) is 12.4 Å². The van der Waals surface area contributed by atoms with Crippen LogP contribution in [-0.4, -0.2) is 29.0 Å². The lowest BCUT2D eigenvalue weighted by Gasteiger charge is -2.11. The molecule has 6 nitrogen and oxygen atoms in total. The van der Waals surface area contributed by atoms with Crippen molar-refractivity contribution in [3.8, 4) is 0 Å². The van der Waals surface area contributed by atoms with E-state index in [1.165, 1.54) is 10.6 Å². The second kappa shape index (κ2) is 5.69. The van der Waals surface area contributed by atoms with Gasteiger partial charge in [0.2, 0.25) is 5.91 Å². The van der Waals surface area contributed by atoms with Crippen molar-refractivity contribution in [3.63, 3.8) is 0 Å². The molecule has 1 aromatic heterocycles. The normalized spacial score (nSPS) is 19.9. The topological polar surface area (TPSA) is 76.3 Å². The van der Waals surface area contributed by atoms with Crippen molar-refractivity contribution in [1.29, 1.82) is 0 Å². The third kappa shape index (κ3) is 2.97. The summed E-state index contributed by atoms with van der Waals surface area (Å²) >= 11 is 0. The predicted molar refractivity (Wildman–Crippen MR) is 78.7 cm³/mol. The average molecular weight is 334 g/mol. The molecule has 0 radical (unpaired) electrons. The number of nitrogens with zero attached hydrogens (tertiary/aromatic N) is 1. The van der Waals surface area contributed by atoms with Crippen LogP contribution in [0.5, 0.6) is 0 Å². The molecule has 2 heterocycles. The van der Waals surface area contributed by atoms with Gasteiger partial charge >= 0.3 is 5.76 Å². The number of halogens is 3. The molecule has 3 rings (SSSR count). The Morgan fingerprint density at radius 3 is 2.86 bits per heavy atom. The van der Waals surface area contributed by atoms with Crippen molar-refractivity contribution in [1.82, 2.24) is 9.88 Å². The molecule has 2 N–H and O–H groups in total. The van der Waals surface area contributed by atoms with E-state index >= 15 is 0 Å². The second-order valence-electron chi connectivity index (χ2n) is 5.09. The van der Waals surface area contributed by atoms with E-state index in [0.717, 1.165) is 0 Å². The summed E-state index contributed by atoms with van der Waals surface area (Å²) in [5.41, 5.74) is 1.30. The first-order valence-electron chi connectivity index (χ1n) is 6.37. The van der Waals surface area contributed by atoms with Gasteiger partial charge in [-0.25, -0.2) is 13.6 Å². The van der Waals surface area contributed by atoms with Crippen LogP contribution in [0.2, 0.25) is 0 Å². The molecule has 0 bridgehead atoms. The summed E-state index contributed by atoms with van der Waals surface area (Å²) in [7, 11) is 1.57. The van der Waals surface area contributed by atoms with Crippen LogP contribution in [0.1, 0.15) is 6.42 Å². The maximum absolute atomic E-state index is 13.1. The molecule has 120 valence electrons. The summed E-state index contributed by atoms with van der Waals surface area (Å²) in [6.07, 6.45) is -0.526.